The highest BCUT2D eigenvalue weighted by Gasteiger charge is 2.29. The number of esters is 1. The van der Waals surface area contributed by atoms with Gasteiger partial charge in [0.05, 0.1) is 19.1 Å². The van der Waals surface area contributed by atoms with Crippen LogP contribution in [-0.2, 0) is 24.5 Å². The van der Waals surface area contributed by atoms with Gasteiger partial charge in [-0.05, 0) is 49.8 Å². The first-order chi connectivity index (χ1) is 14.5. The molecular weight excluding hydrogens is 396 g/mol. The fourth-order valence-corrected chi connectivity index (χ4v) is 3.60. The van der Waals surface area contributed by atoms with Gasteiger partial charge in [-0.3, -0.25) is 14.4 Å². The second-order valence-electron chi connectivity index (χ2n) is 9.14. The third-order valence-corrected chi connectivity index (χ3v) is 5.60. The van der Waals surface area contributed by atoms with Crippen molar-refractivity contribution < 1.29 is 23.9 Å². The van der Waals surface area contributed by atoms with E-state index in [9.17, 15) is 14.4 Å². The summed E-state index contributed by atoms with van der Waals surface area (Å²) in [7, 11) is 1.61. The molecule has 2 amide bonds. The maximum Gasteiger partial charge on any atom is 0.309 e. The first-order valence-corrected chi connectivity index (χ1v) is 11.0. The number of likely N-dealkylation sites (tertiary alicyclic amines) is 1. The molecule has 1 saturated heterocycles. The second kappa shape index (κ2) is 10.6. The van der Waals surface area contributed by atoms with E-state index in [1.807, 2.05) is 24.3 Å². The quantitative estimate of drug-likeness (QED) is 0.619. The van der Waals surface area contributed by atoms with Crippen LogP contribution in [0, 0.1) is 5.92 Å². The van der Waals surface area contributed by atoms with Gasteiger partial charge in [-0.2, -0.15) is 0 Å². The lowest BCUT2D eigenvalue weighted by Crippen LogP contribution is -2.47. The van der Waals surface area contributed by atoms with E-state index >= 15 is 0 Å². The Morgan fingerprint density at radius 1 is 1.13 bits per heavy atom. The van der Waals surface area contributed by atoms with Crippen LogP contribution in [0.5, 0.6) is 5.75 Å². The molecule has 31 heavy (non-hydrogen) atoms. The molecule has 1 aliphatic rings. The molecule has 1 aromatic carbocycles. The molecule has 1 fully saturated rings. The molecule has 1 aromatic rings. The zero-order chi connectivity index (χ0) is 23.2. The van der Waals surface area contributed by atoms with E-state index in [4.69, 9.17) is 9.47 Å². The van der Waals surface area contributed by atoms with Crippen LogP contribution < -0.4 is 4.74 Å². The summed E-state index contributed by atoms with van der Waals surface area (Å²) in [5.41, 5.74) is 1.24. The van der Waals surface area contributed by atoms with Gasteiger partial charge in [0.1, 0.15) is 5.75 Å². The zero-order valence-corrected chi connectivity index (χ0v) is 19.6. The van der Waals surface area contributed by atoms with Crippen LogP contribution in [0.4, 0.5) is 0 Å². The van der Waals surface area contributed by atoms with Crippen LogP contribution in [-0.4, -0.2) is 67.0 Å². The maximum atomic E-state index is 12.7. The lowest BCUT2D eigenvalue weighted by atomic mass is 9.87. The topological polar surface area (TPSA) is 76.2 Å². The number of amides is 2. The molecule has 0 spiro atoms. The van der Waals surface area contributed by atoms with E-state index in [2.05, 4.69) is 20.8 Å². The van der Waals surface area contributed by atoms with E-state index < -0.39 is 6.10 Å². The van der Waals surface area contributed by atoms with E-state index in [1.54, 1.807) is 25.8 Å². The predicted molar refractivity (Wildman–Crippen MR) is 119 cm³/mol. The number of carbonyl (C=O) groups is 3. The molecule has 0 aliphatic carbocycles. The standard InChI is InChI=1S/C24H36N2O5/c1-7-30-23(29)18-12-14-26(15-13-18)21(27)16-25(6)22(28)17(2)31-20-10-8-19(9-11-20)24(3,4)5/h8-11,17-18H,7,12-16H2,1-6H3. The number of hydrogen-bond donors (Lipinski definition) is 0. The number of hydrogen-bond acceptors (Lipinski definition) is 5. The van der Waals surface area contributed by atoms with Crippen molar-refractivity contribution in [1.29, 1.82) is 0 Å². The van der Waals surface area contributed by atoms with Crippen LogP contribution in [0.15, 0.2) is 24.3 Å². The van der Waals surface area contributed by atoms with Crippen LogP contribution in [0.1, 0.15) is 53.0 Å². The van der Waals surface area contributed by atoms with Crippen LogP contribution in [0.3, 0.4) is 0 Å². The van der Waals surface area contributed by atoms with Crippen molar-refractivity contribution in [2.45, 2.75) is 59.0 Å². The van der Waals surface area contributed by atoms with E-state index in [0.717, 1.165) is 0 Å². The number of carbonyl (C=O) groups excluding carboxylic acids is 3. The van der Waals surface area contributed by atoms with Crippen molar-refractivity contribution in [1.82, 2.24) is 9.80 Å². The number of likely N-dealkylation sites (N-methyl/N-ethyl adjacent to an activating group) is 1. The molecule has 1 atom stereocenters. The Hall–Kier alpha value is -2.57. The fourth-order valence-electron chi connectivity index (χ4n) is 3.60. The summed E-state index contributed by atoms with van der Waals surface area (Å²) in [6.45, 7) is 11.2. The summed E-state index contributed by atoms with van der Waals surface area (Å²) >= 11 is 0. The third-order valence-electron chi connectivity index (χ3n) is 5.60. The monoisotopic (exact) mass is 432 g/mol. The molecule has 1 heterocycles. The molecule has 7 heteroatoms. The van der Waals surface area contributed by atoms with E-state index in [0.29, 0.717) is 38.3 Å². The van der Waals surface area contributed by atoms with E-state index in [1.165, 1.54) is 10.5 Å². The van der Waals surface area contributed by atoms with Crippen LogP contribution >= 0.6 is 0 Å². The molecule has 7 nitrogen and oxygen atoms in total. The maximum absolute atomic E-state index is 12.7. The van der Waals surface area contributed by atoms with Gasteiger partial charge in [0.25, 0.3) is 5.91 Å². The van der Waals surface area contributed by atoms with Crippen molar-refractivity contribution in [3.05, 3.63) is 29.8 Å². The first kappa shape index (κ1) is 24.7. The van der Waals surface area contributed by atoms with Gasteiger partial charge in [0, 0.05) is 20.1 Å². The van der Waals surface area contributed by atoms with Crippen molar-refractivity contribution in [3.63, 3.8) is 0 Å². The van der Waals surface area contributed by atoms with Gasteiger partial charge in [0.15, 0.2) is 6.10 Å². The average molecular weight is 433 g/mol. The molecule has 0 saturated carbocycles. The molecule has 2 rings (SSSR count). The third kappa shape index (κ3) is 6.97. The Morgan fingerprint density at radius 3 is 2.23 bits per heavy atom. The minimum atomic E-state index is -0.701. The number of ether oxygens (including phenoxy) is 2. The van der Waals surface area contributed by atoms with Gasteiger partial charge in [-0.15, -0.1) is 0 Å². The Bertz CT molecular complexity index is 761. The summed E-state index contributed by atoms with van der Waals surface area (Å²) in [5.74, 6) is -0.103. The molecule has 0 N–H and O–H groups in total. The fraction of sp³-hybridized carbons (Fsp3) is 0.625. The Kier molecular flexibility index (Phi) is 8.48. The van der Waals surface area contributed by atoms with Crippen molar-refractivity contribution >= 4 is 17.8 Å². The molecule has 0 radical (unpaired) electrons. The molecule has 0 aromatic heterocycles. The molecule has 0 bridgehead atoms. The van der Waals surface area contributed by atoms with Crippen LogP contribution in [0.25, 0.3) is 0 Å². The Balaban J connectivity index is 1.83. The second-order valence-corrected chi connectivity index (χ2v) is 9.14. The minimum Gasteiger partial charge on any atom is -0.481 e. The highest BCUT2D eigenvalue weighted by atomic mass is 16.5. The number of benzene rings is 1. The summed E-state index contributed by atoms with van der Waals surface area (Å²) in [6.07, 6.45) is 0.478. The molecule has 172 valence electrons. The summed E-state index contributed by atoms with van der Waals surface area (Å²) in [5, 5.41) is 0. The van der Waals surface area contributed by atoms with Gasteiger partial charge in [0.2, 0.25) is 5.91 Å². The number of rotatable bonds is 7. The van der Waals surface area contributed by atoms with Gasteiger partial charge in [-0.1, -0.05) is 32.9 Å². The average Bonchev–Trinajstić information content (AvgIpc) is 2.73. The van der Waals surface area contributed by atoms with Gasteiger partial charge >= 0.3 is 5.97 Å². The van der Waals surface area contributed by atoms with Crippen molar-refractivity contribution in [2.75, 3.05) is 33.3 Å². The van der Waals surface area contributed by atoms with Gasteiger partial charge in [-0.25, -0.2) is 0 Å². The van der Waals surface area contributed by atoms with E-state index in [-0.39, 0.29) is 35.7 Å². The summed E-state index contributed by atoms with van der Waals surface area (Å²) in [6, 6.07) is 7.73. The predicted octanol–water partition coefficient (Wildman–Crippen LogP) is 3.01. The lowest BCUT2D eigenvalue weighted by Gasteiger charge is -2.32. The molecule has 1 unspecified atom stereocenters. The normalized spacial score (nSPS) is 15.9. The lowest BCUT2D eigenvalue weighted by molar-refractivity contribution is -0.151. The summed E-state index contributed by atoms with van der Waals surface area (Å²) in [4.78, 5) is 40.2. The number of nitrogens with zero attached hydrogens (tertiary/aromatic N) is 2. The zero-order valence-electron chi connectivity index (χ0n) is 19.6. The molecule has 1 aliphatic heterocycles. The van der Waals surface area contributed by atoms with Crippen LogP contribution in [0.2, 0.25) is 0 Å². The van der Waals surface area contributed by atoms with Crippen molar-refractivity contribution in [3.8, 4) is 5.75 Å². The smallest absolute Gasteiger partial charge is 0.309 e. The highest BCUT2D eigenvalue weighted by molar-refractivity contribution is 5.87. The Morgan fingerprint density at radius 2 is 1.71 bits per heavy atom. The number of piperidine rings is 1. The first-order valence-electron chi connectivity index (χ1n) is 11.0. The van der Waals surface area contributed by atoms with Gasteiger partial charge < -0.3 is 19.3 Å². The van der Waals surface area contributed by atoms with Crippen molar-refractivity contribution in [2.24, 2.45) is 5.92 Å². The largest absolute Gasteiger partial charge is 0.481 e. The Labute approximate surface area is 185 Å². The molecular formula is C24H36N2O5. The summed E-state index contributed by atoms with van der Waals surface area (Å²) < 4.78 is 10.8. The highest BCUT2D eigenvalue weighted by Crippen LogP contribution is 2.25. The SMILES string of the molecule is CCOC(=O)C1CCN(C(=O)CN(C)C(=O)C(C)Oc2ccc(C(C)(C)C)cc2)CC1. The minimum absolute atomic E-state index is 0.0143.